The van der Waals surface area contributed by atoms with Gasteiger partial charge in [0.05, 0.1) is 6.33 Å². The van der Waals surface area contributed by atoms with E-state index in [2.05, 4.69) is 20.6 Å². The fourth-order valence-corrected chi connectivity index (χ4v) is 1.92. The molecular formula is C15H20FN5. The molecule has 2 aromatic rings. The third-order valence-corrected chi connectivity index (χ3v) is 3.06. The number of nitrogens with zero attached hydrogens (tertiary/aromatic N) is 3. The van der Waals surface area contributed by atoms with Crippen LogP contribution < -0.4 is 10.6 Å². The van der Waals surface area contributed by atoms with E-state index in [1.165, 1.54) is 12.1 Å². The highest BCUT2D eigenvalue weighted by molar-refractivity contribution is 5.79. The molecule has 0 fully saturated rings. The lowest BCUT2D eigenvalue weighted by atomic mass is 10.1. The molecule has 0 atom stereocenters. The molecule has 0 bridgehead atoms. The van der Waals surface area contributed by atoms with Crippen molar-refractivity contribution in [2.45, 2.75) is 13.0 Å². The first-order valence-electron chi connectivity index (χ1n) is 6.92. The molecule has 0 radical (unpaired) electrons. The number of benzene rings is 1. The molecule has 0 spiro atoms. The second-order valence-electron chi connectivity index (χ2n) is 4.60. The summed E-state index contributed by atoms with van der Waals surface area (Å²) in [4.78, 5) is 8.15. The summed E-state index contributed by atoms with van der Waals surface area (Å²) < 4.78 is 14.8. The van der Waals surface area contributed by atoms with Gasteiger partial charge >= 0.3 is 0 Å². The molecular weight excluding hydrogens is 269 g/mol. The first-order chi connectivity index (χ1) is 10.3. The fraction of sp³-hybridized carbons (Fsp3) is 0.333. The van der Waals surface area contributed by atoms with Gasteiger partial charge in [0.1, 0.15) is 5.82 Å². The zero-order chi connectivity index (χ0) is 14.9. The standard InChI is InChI=1S/C15H20FN5/c1-17-15(20-9-11-21-10-8-18-12-21)19-7-6-13-2-4-14(16)5-3-13/h2-5,8,10,12H,6-7,9,11H2,1H3,(H2,17,19,20). The van der Waals surface area contributed by atoms with E-state index in [-0.39, 0.29) is 5.82 Å². The maximum absolute atomic E-state index is 12.8. The van der Waals surface area contributed by atoms with E-state index in [9.17, 15) is 4.39 Å². The van der Waals surface area contributed by atoms with Crippen LogP contribution in [0.3, 0.4) is 0 Å². The monoisotopic (exact) mass is 289 g/mol. The first kappa shape index (κ1) is 15.0. The number of hydrogen-bond donors (Lipinski definition) is 2. The van der Waals surface area contributed by atoms with Crippen LogP contribution in [0.25, 0.3) is 0 Å². The van der Waals surface area contributed by atoms with Gasteiger partial charge in [0.15, 0.2) is 5.96 Å². The van der Waals surface area contributed by atoms with Gasteiger partial charge in [-0.25, -0.2) is 9.37 Å². The summed E-state index contributed by atoms with van der Waals surface area (Å²) in [5.41, 5.74) is 1.10. The Morgan fingerprint density at radius 2 is 2.00 bits per heavy atom. The van der Waals surface area contributed by atoms with Crippen LogP contribution in [0.15, 0.2) is 48.0 Å². The molecule has 0 amide bonds. The molecule has 0 aliphatic heterocycles. The Morgan fingerprint density at radius 1 is 1.24 bits per heavy atom. The van der Waals surface area contributed by atoms with Crippen molar-refractivity contribution >= 4 is 5.96 Å². The normalized spacial score (nSPS) is 11.4. The molecule has 0 saturated heterocycles. The molecule has 5 nitrogen and oxygen atoms in total. The molecule has 2 N–H and O–H groups in total. The van der Waals surface area contributed by atoms with E-state index in [1.54, 1.807) is 31.7 Å². The van der Waals surface area contributed by atoms with Crippen molar-refractivity contribution in [3.63, 3.8) is 0 Å². The largest absolute Gasteiger partial charge is 0.356 e. The summed E-state index contributed by atoms with van der Waals surface area (Å²) in [5, 5.41) is 6.47. The van der Waals surface area contributed by atoms with Crippen LogP contribution >= 0.6 is 0 Å². The summed E-state index contributed by atoms with van der Waals surface area (Å²) in [6.45, 7) is 2.35. The minimum absolute atomic E-state index is 0.205. The summed E-state index contributed by atoms with van der Waals surface area (Å²) in [6, 6.07) is 6.56. The molecule has 6 heteroatoms. The van der Waals surface area contributed by atoms with Gasteiger partial charge < -0.3 is 15.2 Å². The van der Waals surface area contributed by atoms with Gasteiger partial charge in [-0.1, -0.05) is 12.1 Å². The van der Waals surface area contributed by atoms with Gasteiger partial charge in [0.2, 0.25) is 0 Å². The number of guanidine groups is 1. The molecule has 0 saturated carbocycles. The Hall–Kier alpha value is -2.37. The molecule has 0 aliphatic rings. The predicted molar refractivity (Wildman–Crippen MR) is 81.7 cm³/mol. The smallest absolute Gasteiger partial charge is 0.191 e. The molecule has 112 valence electrons. The molecule has 1 heterocycles. The van der Waals surface area contributed by atoms with Crippen LogP contribution in [0.5, 0.6) is 0 Å². The Balaban J connectivity index is 1.66. The van der Waals surface area contributed by atoms with Crippen molar-refractivity contribution in [3.05, 3.63) is 54.4 Å². The fourth-order valence-electron chi connectivity index (χ4n) is 1.92. The molecule has 2 rings (SSSR count). The summed E-state index contributed by atoms with van der Waals surface area (Å²) in [5.74, 6) is 0.556. The third kappa shape index (κ3) is 5.25. The van der Waals surface area contributed by atoms with E-state index < -0.39 is 0 Å². The first-order valence-corrected chi connectivity index (χ1v) is 6.92. The van der Waals surface area contributed by atoms with Crippen LogP contribution in [0.2, 0.25) is 0 Å². The Labute approximate surface area is 123 Å². The van der Waals surface area contributed by atoms with Crippen molar-refractivity contribution in [2.24, 2.45) is 4.99 Å². The molecule has 0 aliphatic carbocycles. The molecule has 1 aromatic heterocycles. The minimum atomic E-state index is -0.205. The van der Waals surface area contributed by atoms with Crippen LogP contribution in [0.4, 0.5) is 4.39 Å². The van der Waals surface area contributed by atoms with E-state index in [4.69, 9.17) is 0 Å². The summed E-state index contributed by atoms with van der Waals surface area (Å²) >= 11 is 0. The van der Waals surface area contributed by atoms with Crippen molar-refractivity contribution < 1.29 is 4.39 Å². The highest BCUT2D eigenvalue weighted by Crippen LogP contribution is 2.02. The maximum Gasteiger partial charge on any atom is 0.191 e. The van der Waals surface area contributed by atoms with Gasteiger partial charge in [0, 0.05) is 39.1 Å². The Kier molecular flexibility index (Phi) is 5.75. The average molecular weight is 289 g/mol. The highest BCUT2D eigenvalue weighted by Gasteiger charge is 1.98. The minimum Gasteiger partial charge on any atom is -0.356 e. The number of aromatic nitrogens is 2. The van der Waals surface area contributed by atoms with Gasteiger partial charge in [-0.3, -0.25) is 4.99 Å². The van der Waals surface area contributed by atoms with Crippen molar-refractivity contribution in [2.75, 3.05) is 20.1 Å². The van der Waals surface area contributed by atoms with Gasteiger partial charge in [0.25, 0.3) is 0 Å². The lowest BCUT2D eigenvalue weighted by molar-refractivity contribution is 0.626. The van der Waals surface area contributed by atoms with Crippen LogP contribution in [0, 0.1) is 5.82 Å². The van der Waals surface area contributed by atoms with Crippen LogP contribution in [-0.4, -0.2) is 35.6 Å². The van der Waals surface area contributed by atoms with Gasteiger partial charge in [-0.05, 0) is 24.1 Å². The number of rotatable bonds is 6. The SMILES string of the molecule is CN=C(NCCc1ccc(F)cc1)NCCn1ccnc1. The number of halogens is 1. The molecule has 1 aromatic carbocycles. The van der Waals surface area contributed by atoms with Gasteiger partial charge in [-0.2, -0.15) is 0 Å². The number of nitrogens with one attached hydrogen (secondary N) is 2. The van der Waals surface area contributed by atoms with Crippen LogP contribution in [-0.2, 0) is 13.0 Å². The quantitative estimate of drug-likeness (QED) is 0.625. The zero-order valence-electron chi connectivity index (χ0n) is 12.1. The molecule has 21 heavy (non-hydrogen) atoms. The topological polar surface area (TPSA) is 54.2 Å². The average Bonchev–Trinajstić information content (AvgIpc) is 3.01. The number of aliphatic imine (C=N–C) groups is 1. The van der Waals surface area contributed by atoms with E-state index in [0.717, 1.165) is 37.6 Å². The zero-order valence-corrected chi connectivity index (χ0v) is 12.1. The van der Waals surface area contributed by atoms with Crippen LogP contribution in [0.1, 0.15) is 5.56 Å². The Bertz CT molecular complexity index is 548. The van der Waals surface area contributed by atoms with E-state index in [1.807, 2.05) is 10.8 Å². The molecule has 0 unspecified atom stereocenters. The predicted octanol–water partition coefficient (Wildman–Crippen LogP) is 1.43. The lowest BCUT2D eigenvalue weighted by Crippen LogP contribution is -2.39. The second kappa shape index (κ2) is 8.04. The number of imidazole rings is 1. The van der Waals surface area contributed by atoms with E-state index >= 15 is 0 Å². The lowest BCUT2D eigenvalue weighted by Gasteiger charge is -2.12. The van der Waals surface area contributed by atoms with Crippen molar-refractivity contribution in [1.82, 2.24) is 20.2 Å². The van der Waals surface area contributed by atoms with Gasteiger partial charge in [-0.15, -0.1) is 0 Å². The van der Waals surface area contributed by atoms with Crippen molar-refractivity contribution in [3.8, 4) is 0 Å². The van der Waals surface area contributed by atoms with Crippen molar-refractivity contribution in [1.29, 1.82) is 0 Å². The second-order valence-corrected chi connectivity index (χ2v) is 4.60. The Morgan fingerprint density at radius 3 is 2.67 bits per heavy atom. The maximum atomic E-state index is 12.8. The summed E-state index contributed by atoms with van der Waals surface area (Å²) in [7, 11) is 1.74. The highest BCUT2D eigenvalue weighted by atomic mass is 19.1. The third-order valence-electron chi connectivity index (χ3n) is 3.06. The number of hydrogen-bond acceptors (Lipinski definition) is 2. The van der Waals surface area contributed by atoms with E-state index in [0.29, 0.717) is 0 Å². The summed E-state index contributed by atoms with van der Waals surface area (Å²) in [6.07, 6.45) is 6.29.